The molecule has 82 valence electrons. The Kier molecular flexibility index (Phi) is 3.03. The third kappa shape index (κ3) is 1.95. The Labute approximate surface area is 84.0 Å². The van der Waals surface area contributed by atoms with Gasteiger partial charge in [-0.2, -0.15) is 0 Å². The molecule has 5 nitrogen and oxygen atoms in total. The fourth-order valence-electron chi connectivity index (χ4n) is 1.04. The van der Waals surface area contributed by atoms with Crippen molar-refractivity contribution in [1.82, 2.24) is 4.98 Å². The number of methoxy groups -OCH3 is 1. The lowest BCUT2D eigenvalue weighted by Crippen LogP contribution is -2.13. The van der Waals surface area contributed by atoms with E-state index < -0.39 is 23.7 Å². The van der Waals surface area contributed by atoms with E-state index in [4.69, 9.17) is 11.5 Å². The number of carbonyl (C=O) groups is 1. The average Bonchev–Trinajstić information content (AvgIpc) is 2.20. The summed E-state index contributed by atoms with van der Waals surface area (Å²) in [6.07, 6.45) is -1.94. The van der Waals surface area contributed by atoms with Crippen molar-refractivity contribution >= 4 is 17.3 Å². The molecular weight excluding hydrogens is 208 g/mol. The molecule has 0 bridgehead atoms. The van der Waals surface area contributed by atoms with Gasteiger partial charge in [0.05, 0.1) is 24.7 Å². The fraction of sp³-hybridized carbons (Fsp3) is 0.250. The van der Waals surface area contributed by atoms with Gasteiger partial charge in [-0.3, -0.25) is 4.98 Å². The van der Waals surface area contributed by atoms with Crippen molar-refractivity contribution in [3.05, 3.63) is 17.5 Å². The van der Waals surface area contributed by atoms with E-state index in [0.717, 1.165) is 13.3 Å². The predicted octanol–water partition coefficient (Wildman–Crippen LogP) is 0.970. The van der Waals surface area contributed by atoms with Crippen LogP contribution in [-0.4, -0.2) is 18.1 Å². The number of hydrogen-bond acceptors (Lipinski definition) is 5. The summed E-state index contributed by atoms with van der Waals surface area (Å²) < 4.78 is 29.3. The molecule has 0 radical (unpaired) electrons. The summed E-state index contributed by atoms with van der Waals surface area (Å²) in [4.78, 5) is 14.5. The van der Waals surface area contributed by atoms with Gasteiger partial charge >= 0.3 is 5.97 Å². The number of nitrogens with zero attached hydrogens (tertiary/aromatic N) is 1. The molecule has 0 aliphatic carbocycles. The van der Waals surface area contributed by atoms with E-state index in [-0.39, 0.29) is 11.4 Å². The van der Waals surface area contributed by atoms with E-state index in [0.29, 0.717) is 0 Å². The quantitative estimate of drug-likeness (QED) is 0.720. The summed E-state index contributed by atoms with van der Waals surface area (Å²) in [7, 11) is 1.06. The number of aromatic nitrogens is 1. The number of pyridine rings is 1. The van der Waals surface area contributed by atoms with Crippen LogP contribution in [0.4, 0.5) is 20.2 Å². The molecule has 0 aromatic carbocycles. The van der Waals surface area contributed by atoms with Crippen molar-refractivity contribution in [2.75, 3.05) is 18.6 Å². The van der Waals surface area contributed by atoms with Crippen LogP contribution in [0.15, 0.2) is 6.20 Å². The summed E-state index contributed by atoms with van der Waals surface area (Å²) in [6, 6.07) is 0. The zero-order valence-corrected chi connectivity index (χ0v) is 7.83. The number of nitrogens with two attached hydrogens (primary N) is 2. The van der Waals surface area contributed by atoms with Crippen LogP contribution in [0.5, 0.6) is 0 Å². The number of halogens is 2. The molecule has 0 amide bonds. The predicted molar refractivity (Wildman–Crippen MR) is 49.4 cm³/mol. The lowest BCUT2D eigenvalue weighted by molar-refractivity contribution is 0.0588. The number of anilines is 2. The Morgan fingerprint density at radius 2 is 2.13 bits per heavy atom. The van der Waals surface area contributed by atoms with Gasteiger partial charge in [-0.05, 0) is 0 Å². The topological polar surface area (TPSA) is 91.2 Å². The van der Waals surface area contributed by atoms with Gasteiger partial charge in [0.25, 0.3) is 6.43 Å². The molecule has 15 heavy (non-hydrogen) atoms. The highest BCUT2D eigenvalue weighted by molar-refractivity contribution is 5.98. The van der Waals surface area contributed by atoms with Gasteiger partial charge in [0.2, 0.25) is 0 Å². The molecule has 0 atom stereocenters. The first-order valence-corrected chi connectivity index (χ1v) is 3.89. The number of hydrogen-bond donors (Lipinski definition) is 2. The molecular formula is C8H9F2N3O2. The largest absolute Gasteiger partial charge is 0.465 e. The van der Waals surface area contributed by atoms with Gasteiger partial charge in [0.15, 0.2) is 0 Å². The fourth-order valence-corrected chi connectivity index (χ4v) is 1.04. The molecule has 0 aliphatic rings. The summed E-state index contributed by atoms with van der Waals surface area (Å²) in [5.41, 5.74) is 9.25. The highest BCUT2D eigenvalue weighted by Crippen LogP contribution is 2.28. The summed E-state index contributed by atoms with van der Waals surface area (Å²) in [5.74, 6) is -0.984. The highest BCUT2D eigenvalue weighted by Gasteiger charge is 2.24. The molecule has 1 heterocycles. The van der Waals surface area contributed by atoms with Crippen LogP contribution in [-0.2, 0) is 4.74 Å². The maximum absolute atomic E-state index is 12.5. The van der Waals surface area contributed by atoms with Crippen molar-refractivity contribution in [3.8, 4) is 0 Å². The first-order chi connectivity index (χ1) is 6.99. The van der Waals surface area contributed by atoms with E-state index in [9.17, 15) is 13.6 Å². The van der Waals surface area contributed by atoms with Crippen LogP contribution in [0.1, 0.15) is 22.5 Å². The Morgan fingerprint density at radius 1 is 1.53 bits per heavy atom. The van der Waals surface area contributed by atoms with E-state index in [1.165, 1.54) is 0 Å². The number of carbonyl (C=O) groups excluding carboxylic acids is 1. The van der Waals surface area contributed by atoms with Crippen molar-refractivity contribution in [2.24, 2.45) is 0 Å². The Bertz CT molecular complexity index is 396. The summed E-state index contributed by atoms with van der Waals surface area (Å²) in [6.45, 7) is 0. The first kappa shape index (κ1) is 11.2. The van der Waals surface area contributed by atoms with E-state index >= 15 is 0 Å². The Balaban J connectivity index is 3.41. The molecule has 0 spiro atoms. The molecule has 0 aliphatic heterocycles. The minimum absolute atomic E-state index is 0.0419. The normalized spacial score (nSPS) is 10.4. The number of alkyl halides is 2. The van der Waals surface area contributed by atoms with Gasteiger partial charge < -0.3 is 16.2 Å². The van der Waals surface area contributed by atoms with Crippen molar-refractivity contribution in [3.63, 3.8) is 0 Å². The molecule has 1 aromatic rings. The smallest absolute Gasteiger partial charge is 0.342 e. The van der Waals surface area contributed by atoms with Gasteiger partial charge in [0, 0.05) is 0 Å². The highest BCUT2D eigenvalue weighted by atomic mass is 19.3. The SMILES string of the molecule is COC(=O)c1c(C(F)F)ncc(N)c1N. The van der Waals surface area contributed by atoms with Gasteiger partial charge in [-0.15, -0.1) is 0 Å². The average molecular weight is 217 g/mol. The van der Waals surface area contributed by atoms with Crippen LogP contribution >= 0.6 is 0 Å². The second-order valence-electron chi connectivity index (χ2n) is 2.68. The molecule has 1 aromatic heterocycles. The minimum Gasteiger partial charge on any atom is -0.465 e. The Hall–Kier alpha value is -1.92. The van der Waals surface area contributed by atoms with Crippen LogP contribution < -0.4 is 11.5 Å². The van der Waals surface area contributed by atoms with E-state index in [2.05, 4.69) is 9.72 Å². The summed E-state index contributed by atoms with van der Waals surface area (Å²) >= 11 is 0. The molecule has 0 fully saturated rings. The number of ether oxygens (including phenoxy) is 1. The second-order valence-corrected chi connectivity index (χ2v) is 2.68. The lowest BCUT2D eigenvalue weighted by atomic mass is 10.1. The molecule has 1 rings (SSSR count). The van der Waals surface area contributed by atoms with Crippen LogP contribution in [0.2, 0.25) is 0 Å². The Morgan fingerprint density at radius 3 is 2.60 bits per heavy atom. The third-order valence-electron chi connectivity index (χ3n) is 1.78. The van der Waals surface area contributed by atoms with Crippen molar-refractivity contribution < 1.29 is 18.3 Å². The van der Waals surface area contributed by atoms with E-state index in [1.54, 1.807) is 0 Å². The third-order valence-corrected chi connectivity index (χ3v) is 1.78. The van der Waals surface area contributed by atoms with Crippen LogP contribution in [0.3, 0.4) is 0 Å². The molecule has 0 saturated heterocycles. The van der Waals surface area contributed by atoms with Crippen molar-refractivity contribution in [1.29, 1.82) is 0 Å². The van der Waals surface area contributed by atoms with Crippen LogP contribution in [0.25, 0.3) is 0 Å². The second kappa shape index (κ2) is 4.07. The molecule has 4 N–H and O–H groups in total. The van der Waals surface area contributed by atoms with Crippen LogP contribution in [0, 0.1) is 0 Å². The monoisotopic (exact) mass is 217 g/mol. The maximum Gasteiger partial charge on any atom is 0.342 e. The van der Waals surface area contributed by atoms with E-state index in [1.807, 2.05) is 0 Å². The molecule has 7 heteroatoms. The zero-order valence-electron chi connectivity index (χ0n) is 7.83. The van der Waals surface area contributed by atoms with Gasteiger partial charge in [-0.1, -0.05) is 0 Å². The first-order valence-electron chi connectivity index (χ1n) is 3.89. The lowest BCUT2D eigenvalue weighted by Gasteiger charge is -2.10. The number of rotatable bonds is 2. The van der Waals surface area contributed by atoms with Gasteiger partial charge in [0.1, 0.15) is 11.3 Å². The van der Waals surface area contributed by atoms with Crippen molar-refractivity contribution in [2.45, 2.75) is 6.43 Å². The maximum atomic E-state index is 12.5. The zero-order chi connectivity index (χ0) is 11.6. The molecule has 0 unspecified atom stereocenters. The summed E-state index contributed by atoms with van der Waals surface area (Å²) in [5, 5.41) is 0. The number of nitrogen functional groups attached to an aromatic ring is 2. The minimum atomic E-state index is -2.91. The molecule has 0 saturated carbocycles. The number of esters is 1. The van der Waals surface area contributed by atoms with Gasteiger partial charge in [-0.25, -0.2) is 13.6 Å². The standard InChI is InChI=1S/C8H9F2N3O2/c1-15-8(14)4-5(12)3(11)2-13-6(4)7(9)10/h2,7H,11H2,1H3,(H2,12,13).